The van der Waals surface area contributed by atoms with Gasteiger partial charge in [0, 0.05) is 18.1 Å². The Kier molecular flexibility index (Phi) is 3.78. The molecule has 1 aromatic carbocycles. The Hall–Kier alpha value is -2.67. The number of hydrogen-bond donors (Lipinski definition) is 0. The second kappa shape index (κ2) is 6.09. The van der Waals surface area contributed by atoms with Gasteiger partial charge >= 0.3 is 0 Å². The van der Waals surface area contributed by atoms with Gasteiger partial charge in [0.25, 0.3) is 11.1 Å². The molecule has 0 aliphatic rings. The minimum Gasteiger partial charge on any atom is -0.411 e. The molecule has 0 saturated carbocycles. The molecule has 4 aromatic rings. The molecule has 3 aromatic heterocycles. The number of hydrogen-bond acceptors (Lipinski definition) is 5. The Labute approximate surface area is 141 Å². The number of thioether (sulfide) groups is 1. The zero-order valence-corrected chi connectivity index (χ0v) is 13.6. The van der Waals surface area contributed by atoms with E-state index in [9.17, 15) is 4.39 Å². The van der Waals surface area contributed by atoms with Crippen molar-refractivity contribution in [2.45, 2.75) is 17.9 Å². The highest BCUT2D eigenvalue weighted by Gasteiger charge is 2.13. The monoisotopic (exact) mass is 340 g/mol. The molecular formula is C17H13FN4OS. The topological polar surface area (TPSA) is 56.2 Å². The first-order valence-corrected chi connectivity index (χ1v) is 8.33. The molecule has 0 saturated heterocycles. The lowest BCUT2D eigenvalue weighted by molar-refractivity contribution is 0.462. The Morgan fingerprint density at radius 2 is 2.00 bits per heavy atom. The molecule has 0 bridgehead atoms. The Balaban J connectivity index is 1.50. The Morgan fingerprint density at radius 1 is 1.12 bits per heavy atom. The summed E-state index contributed by atoms with van der Waals surface area (Å²) in [6, 6.07) is 10.3. The van der Waals surface area contributed by atoms with Gasteiger partial charge in [0.05, 0.1) is 11.3 Å². The lowest BCUT2D eigenvalue weighted by Gasteiger charge is -1.95. The zero-order valence-electron chi connectivity index (χ0n) is 12.8. The molecule has 120 valence electrons. The fourth-order valence-electron chi connectivity index (χ4n) is 2.37. The van der Waals surface area contributed by atoms with E-state index >= 15 is 0 Å². The number of rotatable bonds is 4. The largest absolute Gasteiger partial charge is 0.411 e. The van der Waals surface area contributed by atoms with Gasteiger partial charge in [-0.05, 0) is 30.7 Å². The fourth-order valence-corrected chi connectivity index (χ4v) is 3.02. The maximum atomic E-state index is 13.7. The molecule has 0 aliphatic heterocycles. The van der Waals surface area contributed by atoms with E-state index in [0.717, 1.165) is 11.3 Å². The van der Waals surface area contributed by atoms with Gasteiger partial charge < -0.3 is 8.82 Å². The molecule has 0 spiro atoms. The van der Waals surface area contributed by atoms with Crippen LogP contribution in [0.2, 0.25) is 0 Å². The van der Waals surface area contributed by atoms with Crippen LogP contribution in [-0.2, 0) is 5.75 Å². The molecule has 4 rings (SSSR count). The van der Waals surface area contributed by atoms with Crippen LogP contribution in [-0.4, -0.2) is 19.6 Å². The maximum absolute atomic E-state index is 13.7. The quantitative estimate of drug-likeness (QED) is 0.523. The highest BCUT2D eigenvalue weighted by Crippen LogP contribution is 2.27. The summed E-state index contributed by atoms with van der Waals surface area (Å²) in [4.78, 5) is 4.54. The molecule has 0 radical (unpaired) electrons. The van der Waals surface area contributed by atoms with Crippen LogP contribution in [0.5, 0.6) is 0 Å². The van der Waals surface area contributed by atoms with Crippen molar-refractivity contribution >= 4 is 17.4 Å². The van der Waals surface area contributed by atoms with Crippen LogP contribution in [0, 0.1) is 12.7 Å². The van der Waals surface area contributed by atoms with Crippen molar-refractivity contribution in [1.29, 1.82) is 0 Å². The van der Waals surface area contributed by atoms with E-state index in [1.807, 2.05) is 35.9 Å². The van der Waals surface area contributed by atoms with Crippen molar-refractivity contribution in [1.82, 2.24) is 19.6 Å². The SMILES string of the molecule is Cc1ccc2nc(CSc3nnc(-c4ccccc4F)o3)cn2c1. The minimum absolute atomic E-state index is 0.182. The summed E-state index contributed by atoms with van der Waals surface area (Å²) in [5.74, 6) is 0.397. The van der Waals surface area contributed by atoms with Gasteiger partial charge in [-0.3, -0.25) is 0 Å². The van der Waals surface area contributed by atoms with Crippen molar-refractivity contribution < 1.29 is 8.81 Å². The third-order valence-electron chi connectivity index (χ3n) is 3.50. The molecule has 5 nitrogen and oxygen atoms in total. The van der Waals surface area contributed by atoms with E-state index in [4.69, 9.17) is 4.42 Å². The van der Waals surface area contributed by atoms with E-state index < -0.39 is 0 Å². The highest BCUT2D eigenvalue weighted by atomic mass is 32.2. The van der Waals surface area contributed by atoms with Gasteiger partial charge in [-0.2, -0.15) is 0 Å². The van der Waals surface area contributed by atoms with Crippen LogP contribution >= 0.6 is 11.8 Å². The third kappa shape index (κ3) is 2.90. The van der Waals surface area contributed by atoms with Gasteiger partial charge in [-0.1, -0.05) is 30.0 Å². The van der Waals surface area contributed by atoms with Crippen molar-refractivity contribution in [2.24, 2.45) is 0 Å². The molecule has 24 heavy (non-hydrogen) atoms. The van der Waals surface area contributed by atoms with E-state index in [1.165, 1.54) is 23.4 Å². The van der Waals surface area contributed by atoms with E-state index in [-0.39, 0.29) is 11.7 Å². The smallest absolute Gasteiger partial charge is 0.277 e. The second-order valence-electron chi connectivity index (χ2n) is 5.35. The number of halogens is 1. The molecule has 0 aliphatic carbocycles. The molecule has 7 heteroatoms. The maximum Gasteiger partial charge on any atom is 0.277 e. The third-order valence-corrected chi connectivity index (χ3v) is 4.36. The van der Waals surface area contributed by atoms with Crippen molar-refractivity contribution in [3.8, 4) is 11.5 Å². The Morgan fingerprint density at radius 3 is 2.88 bits per heavy atom. The lowest BCUT2D eigenvalue weighted by atomic mass is 10.2. The van der Waals surface area contributed by atoms with E-state index in [2.05, 4.69) is 15.2 Å². The summed E-state index contributed by atoms with van der Waals surface area (Å²) in [6.45, 7) is 2.04. The predicted octanol–water partition coefficient (Wildman–Crippen LogP) is 4.12. The molecule has 0 unspecified atom stereocenters. The first kappa shape index (κ1) is 14.9. The van der Waals surface area contributed by atoms with Crippen LogP contribution < -0.4 is 0 Å². The van der Waals surface area contributed by atoms with Crippen LogP contribution in [0.4, 0.5) is 4.39 Å². The van der Waals surface area contributed by atoms with Crippen molar-refractivity contribution in [2.75, 3.05) is 0 Å². The number of nitrogens with zero attached hydrogens (tertiary/aromatic N) is 4. The van der Waals surface area contributed by atoms with Crippen molar-refractivity contribution in [3.05, 3.63) is 65.9 Å². The molecular weight excluding hydrogens is 327 g/mol. The lowest BCUT2D eigenvalue weighted by Crippen LogP contribution is -1.82. The second-order valence-corrected chi connectivity index (χ2v) is 6.27. The summed E-state index contributed by atoms with van der Waals surface area (Å²) in [5.41, 5.74) is 3.29. The summed E-state index contributed by atoms with van der Waals surface area (Å²) < 4.78 is 21.3. The van der Waals surface area contributed by atoms with Gasteiger partial charge in [0.1, 0.15) is 11.5 Å². The van der Waals surface area contributed by atoms with Gasteiger partial charge in [0.2, 0.25) is 0 Å². The summed E-state index contributed by atoms with van der Waals surface area (Å²) in [5, 5.41) is 8.26. The Bertz CT molecular complexity index is 1010. The number of benzene rings is 1. The summed E-state index contributed by atoms with van der Waals surface area (Å²) >= 11 is 1.38. The standard InChI is InChI=1S/C17H13FN4OS/c1-11-6-7-15-19-12(9-22(15)8-11)10-24-17-21-20-16(23-17)13-4-2-3-5-14(13)18/h2-9H,10H2,1H3. The summed E-state index contributed by atoms with van der Waals surface area (Å²) in [7, 11) is 0. The first-order chi connectivity index (χ1) is 11.7. The van der Waals surface area contributed by atoms with Crippen LogP contribution in [0.1, 0.15) is 11.3 Å². The predicted molar refractivity (Wildman–Crippen MR) is 89.2 cm³/mol. The molecule has 0 amide bonds. The van der Waals surface area contributed by atoms with Crippen LogP contribution in [0.25, 0.3) is 17.1 Å². The molecule has 3 heterocycles. The fraction of sp³-hybridized carbons (Fsp3) is 0.118. The van der Waals surface area contributed by atoms with Gasteiger partial charge in [-0.15, -0.1) is 10.2 Å². The average Bonchev–Trinajstić information content (AvgIpc) is 3.19. The number of pyridine rings is 1. The number of aromatic nitrogens is 4. The normalized spacial score (nSPS) is 11.2. The number of fused-ring (bicyclic) bond motifs is 1. The summed E-state index contributed by atoms with van der Waals surface area (Å²) in [6.07, 6.45) is 4.00. The number of imidazole rings is 1. The van der Waals surface area contributed by atoms with E-state index in [0.29, 0.717) is 16.5 Å². The zero-order chi connectivity index (χ0) is 16.5. The van der Waals surface area contributed by atoms with Crippen molar-refractivity contribution in [3.63, 3.8) is 0 Å². The van der Waals surface area contributed by atoms with Crippen LogP contribution in [0.15, 0.2) is 58.4 Å². The average molecular weight is 340 g/mol. The highest BCUT2D eigenvalue weighted by molar-refractivity contribution is 7.98. The molecule has 0 N–H and O–H groups in total. The van der Waals surface area contributed by atoms with Gasteiger partial charge in [0.15, 0.2) is 0 Å². The van der Waals surface area contributed by atoms with Gasteiger partial charge in [-0.25, -0.2) is 9.37 Å². The first-order valence-electron chi connectivity index (χ1n) is 7.34. The molecule has 0 atom stereocenters. The molecule has 0 fully saturated rings. The van der Waals surface area contributed by atoms with Crippen LogP contribution in [0.3, 0.4) is 0 Å². The van der Waals surface area contributed by atoms with E-state index in [1.54, 1.807) is 18.2 Å². The minimum atomic E-state index is -0.381. The number of aryl methyl sites for hydroxylation is 1.